The van der Waals surface area contributed by atoms with E-state index in [-0.39, 0.29) is 0 Å². The molecule has 21 heavy (non-hydrogen) atoms. The number of hydrogen-bond donors (Lipinski definition) is 1. The van der Waals surface area contributed by atoms with Crippen molar-refractivity contribution in [3.05, 3.63) is 30.1 Å². The molecule has 1 N–H and O–H groups in total. The van der Waals surface area contributed by atoms with Gasteiger partial charge in [-0.15, -0.1) is 0 Å². The van der Waals surface area contributed by atoms with Gasteiger partial charge in [-0.1, -0.05) is 13.8 Å². The molecular formula is C17H27N3O. The number of aryl methyl sites for hydroxylation is 1. The fraction of sp³-hybridized carbons (Fsp3) is 0.588. The molecule has 116 valence electrons. The highest BCUT2D eigenvalue weighted by Crippen LogP contribution is 2.20. The quantitative estimate of drug-likeness (QED) is 0.721. The minimum Gasteiger partial charge on any atom is -0.385 e. The standard InChI is InChI=1S/C17H27N3O/c1-14(2)11-18-12-15-13-20(9-4-5-10-21-3)17-16(15)7-6-8-19-17/h6-8,13-14,18H,4-5,9-12H2,1-3H3. The summed E-state index contributed by atoms with van der Waals surface area (Å²) in [5.41, 5.74) is 2.43. The Morgan fingerprint density at radius 1 is 1.33 bits per heavy atom. The molecule has 4 heteroatoms. The predicted octanol–water partition coefficient (Wildman–Crippen LogP) is 3.21. The van der Waals surface area contributed by atoms with Gasteiger partial charge in [-0.25, -0.2) is 4.98 Å². The molecular weight excluding hydrogens is 262 g/mol. The zero-order valence-electron chi connectivity index (χ0n) is 13.4. The highest BCUT2D eigenvalue weighted by Gasteiger charge is 2.09. The van der Waals surface area contributed by atoms with E-state index >= 15 is 0 Å². The van der Waals surface area contributed by atoms with E-state index in [0.717, 1.165) is 44.7 Å². The molecule has 0 aliphatic rings. The van der Waals surface area contributed by atoms with Crippen molar-refractivity contribution in [1.82, 2.24) is 14.9 Å². The molecule has 0 saturated heterocycles. The number of pyridine rings is 1. The van der Waals surface area contributed by atoms with Crippen LogP contribution in [0.15, 0.2) is 24.5 Å². The number of unbranched alkanes of at least 4 members (excludes halogenated alkanes) is 1. The molecule has 0 amide bonds. The molecule has 2 aromatic heterocycles. The van der Waals surface area contributed by atoms with Crippen LogP contribution in [0.1, 0.15) is 32.3 Å². The SMILES string of the molecule is COCCCCn1cc(CNCC(C)C)c2cccnc21. The summed E-state index contributed by atoms with van der Waals surface area (Å²) in [7, 11) is 1.76. The summed E-state index contributed by atoms with van der Waals surface area (Å²) in [5.74, 6) is 0.672. The Hall–Kier alpha value is -1.39. The Morgan fingerprint density at radius 2 is 2.19 bits per heavy atom. The summed E-state index contributed by atoms with van der Waals surface area (Å²) in [6.07, 6.45) is 6.33. The molecule has 0 radical (unpaired) electrons. The van der Waals surface area contributed by atoms with E-state index in [1.807, 2.05) is 12.3 Å². The van der Waals surface area contributed by atoms with E-state index in [4.69, 9.17) is 4.74 Å². The summed E-state index contributed by atoms with van der Waals surface area (Å²) >= 11 is 0. The van der Waals surface area contributed by atoms with Crippen LogP contribution < -0.4 is 5.32 Å². The Kier molecular flexibility index (Phi) is 6.21. The summed E-state index contributed by atoms with van der Waals surface area (Å²) in [6, 6.07) is 4.18. The zero-order valence-corrected chi connectivity index (χ0v) is 13.4. The fourth-order valence-electron chi connectivity index (χ4n) is 2.53. The van der Waals surface area contributed by atoms with Gasteiger partial charge in [-0.3, -0.25) is 0 Å². The summed E-state index contributed by atoms with van der Waals surface area (Å²) in [4.78, 5) is 4.55. The van der Waals surface area contributed by atoms with Crippen molar-refractivity contribution in [1.29, 1.82) is 0 Å². The van der Waals surface area contributed by atoms with Crippen molar-refractivity contribution in [3.8, 4) is 0 Å². The average molecular weight is 289 g/mol. The van der Waals surface area contributed by atoms with Crippen molar-refractivity contribution >= 4 is 11.0 Å². The lowest BCUT2D eigenvalue weighted by Crippen LogP contribution is -2.18. The maximum Gasteiger partial charge on any atom is 0.140 e. The van der Waals surface area contributed by atoms with Crippen LogP contribution in [0.4, 0.5) is 0 Å². The number of fused-ring (bicyclic) bond motifs is 1. The molecule has 0 bridgehead atoms. The van der Waals surface area contributed by atoms with Gasteiger partial charge in [0.1, 0.15) is 5.65 Å². The van der Waals surface area contributed by atoms with Gasteiger partial charge in [0, 0.05) is 44.6 Å². The van der Waals surface area contributed by atoms with Crippen LogP contribution in [0.25, 0.3) is 11.0 Å². The smallest absolute Gasteiger partial charge is 0.140 e. The molecule has 0 saturated carbocycles. The topological polar surface area (TPSA) is 39.1 Å². The largest absolute Gasteiger partial charge is 0.385 e. The second-order valence-electron chi connectivity index (χ2n) is 5.95. The second kappa shape index (κ2) is 8.15. The van der Waals surface area contributed by atoms with Gasteiger partial charge in [0.05, 0.1) is 0 Å². The van der Waals surface area contributed by atoms with Crippen LogP contribution in [-0.4, -0.2) is 29.8 Å². The first kappa shape index (κ1) is 16.0. The van der Waals surface area contributed by atoms with Gasteiger partial charge in [-0.2, -0.15) is 0 Å². The van der Waals surface area contributed by atoms with Crippen molar-refractivity contribution in [2.24, 2.45) is 5.92 Å². The van der Waals surface area contributed by atoms with Gasteiger partial charge in [-0.05, 0) is 43.0 Å². The molecule has 2 aromatic rings. The number of nitrogens with one attached hydrogen (secondary N) is 1. The minimum absolute atomic E-state index is 0.672. The lowest BCUT2D eigenvalue weighted by molar-refractivity contribution is 0.191. The third kappa shape index (κ3) is 4.55. The Bertz CT molecular complexity index is 548. The van der Waals surface area contributed by atoms with Crippen LogP contribution in [0, 0.1) is 5.92 Å². The molecule has 0 aliphatic heterocycles. The van der Waals surface area contributed by atoms with Gasteiger partial charge in [0.25, 0.3) is 0 Å². The van der Waals surface area contributed by atoms with E-state index in [1.165, 1.54) is 10.9 Å². The molecule has 0 fully saturated rings. The molecule has 2 heterocycles. The van der Waals surface area contributed by atoms with Crippen LogP contribution in [-0.2, 0) is 17.8 Å². The predicted molar refractivity (Wildman–Crippen MR) is 87.4 cm³/mol. The highest BCUT2D eigenvalue weighted by molar-refractivity contribution is 5.80. The number of aromatic nitrogens is 2. The summed E-state index contributed by atoms with van der Waals surface area (Å²) < 4.78 is 7.39. The van der Waals surface area contributed by atoms with E-state index in [2.05, 4.69) is 41.0 Å². The normalized spacial score (nSPS) is 11.6. The lowest BCUT2D eigenvalue weighted by atomic mass is 10.2. The summed E-state index contributed by atoms with van der Waals surface area (Å²) in [5, 5.41) is 4.79. The molecule has 0 aliphatic carbocycles. The minimum atomic E-state index is 0.672. The first-order chi connectivity index (χ1) is 10.2. The fourth-order valence-corrected chi connectivity index (χ4v) is 2.53. The number of rotatable bonds is 9. The number of methoxy groups -OCH3 is 1. The zero-order chi connectivity index (χ0) is 15.1. The molecule has 4 nitrogen and oxygen atoms in total. The number of ether oxygens (including phenoxy) is 1. The highest BCUT2D eigenvalue weighted by atomic mass is 16.5. The first-order valence-electron chi connectivity index (χ1n) is 7.84. The molecule has 2 rings (SSSR count). The monoisotopic (exact) mass is 289 g/mol. The van der Waals surface area contributed by atoms with Crippen LogP contribution in [0.5, 0.6) is 0 Å². The lowest BCUT2D eigenvalue weighted by Gasteiger charge is -2.06. The molecule has 0 atom stereocenters. The van der Waals surface area contributed by atoms with E-state index in [1.54, 1.807) is 7.11 Å². The van der Waals surface area contributed by atoms with E-state index in [0.29, 0.717) is 5.92 Å². The second-order valence-corrected chi connectivity index (χ2v) is 5.95. The first-order valence-corrected chi connectivity index (χ1v) is 7.84. The van der Waals surface area contributed by atoms with Crippen LogP contribution in [0.3, 0.4) is 0 Å². The van der Waals surface area contributed by atoms with E-state index < -0.39 is 0 Å². The third-order valence-corrected chi connectivity index (χ3v) is 3.58. The van der Waals surface area contributed by atoms with E-state index in [9.17, 15) is 0 Å². The van der Waals surface area contributed by atoms with Gasteiger partial charge in [0.15, 0.2) is 0 Å². The Labute approximate surface area is 127 Å². The Balaban J connectivity index is 2.06. The van der Waals surface area contributed by atoms with Crippen LogP contribution >= 0.6 is 0 Å². The van der Waals surface area contributed by atoms with Crippen molar-refractivity contribution < 1.29 is 4.74 Å². The van der Waals surface area contributed by atoms with Crippen LogP contribution in [0.2, 0.25) is 0 Å². The third-order valence-electron chi connectivity index (χ3n) is 3.58. The van der Waals surface area contributed by atoms with Gasteiger partial charge >= 0.3 is 0 Å². The molecule has 0 unspecified atom stereocenters. The molecule has 0 spiro atoms. The van der Waals surface area contributed by atoms with Crippen molar-refractivity contribution in [2.45, 2.75) is 39.8 Å². The Morgan fingerprint density at radius 3 is 2.95 bits per heavy atom. The number of nitrogens with zero attached hydrogens (tertiary/aromatic N) is 2. The number of hydrogen-bond acceptors (Lipinski definition) is 3. The van der Waals surface area contributed by atoms with Crippen molar-refractivity contribution in [2.75, 3.05) is 20.3 Å². The maximum absolute atomic E-state index is 5.11. The maximum atomic E-state index is 5.11. The molecule has 0 aromatic carbocycles. The summed E-state index contributed by atoms with van der Waals surface area (Å²) in [6.45, 7) is 8.24. The van der Waals surface area contributed by atoms with Crippen molar-refractivity contribution in [3.63, 3.8) is 0 Å². The van der Waals surface area contributed by atoms with Gasteiger partial charge in [0.2, 0.25) is 0 Å². The average Bonchev–Trinajstić information content (AvgIpc) is 2.82. The van der Waals surface area contributed by atoms with Gasteiger partial charge < -0.3 is 14.6 Å².